The second kappa shape index (κ2) is 8.34. The van der Waals surface area contributed by atoms with Crippen molar-refractivity contribution < 1.29 is 14.6 Å². The third-order valence-electron chi connectivity index (χ3n) is 4.04. The Balaban J connectivity index is 2.20. The van der Waals surface area contributed by atoms with E-state index in [9.17, 15) is 5.11 Å². The highest BCUT2D eigenvalue weighted by Gasteiger charge is 2.18. The highest BCUT2D eigenvalue weighted by atomic mass is 16.5. The summed E-state index contributed by atoms with van der Waals surface area (Å²) >= 11 is 0. The van der Waals surface area contributed by atoms with E-state index in [4.69, 9.17) is 14.7 Å². The maximum Gasteiger partial charge on any atom is 0.124 e. The molecule has 0 heterocycles. The molecule has 0 aliphatic carbocycles. The van der Waals surface area contributed by atoms with Crippen molar-refractivity contribution >= 4 is 0 Å². The van der Waals surface area contributed by atoms with Crippen LogP contribution in [0.5, 0.6) is 11.5 Å². The van der Waals surface area contributed by atoms with Crippen LogP contribution >= 0.6 is 0 Å². The van der Waals surface area contributed by atoms with Crippen molar-refractivity contribution in [3.8, 4) is 17.6 Å². The van der Waals surface area contributed by atoms with Crippen LogP contribution in [0.4, 0.5) is 0 Å². The molecular weight excluding hydrogens is 304 g/mol. The number of nitriles is 1. The predicted octanol–water partition coefficient (Wildman–Crippen LogP) is 2.74. The standard InChI is InChI=1S/C19H22N2O3/c1-21(12-16-5-4-14(11-20)10-19(16)24-3)18(13-22)15-6-8-17(23-2)9-7-15/h4-10,18,22H,12-13H2,1-3H3. The van der Waals surface area contributed by atoms with Gasteiger partial charge in [-0.25, -0.2) is 0 Å². The van der Waals surface area contributed by atoms with E-state index in [1.165, 1.54) is 0 Å². The van der Waals surface area contributed by atoms with Crippen molar-refractivity contribution in [2.75, 3.05) is 27.9 Å². The number of aliphatic hydroxyl groups excluding tert-OH is 1. The molecule has 0 bridgehead atoms. The highest BCUT2D eigenvalue weighted by Crippen LogP contribution is 2.27. The van der Waals surface area contributed by atoms with Crippen LogP contribution in [0.15, 0.2) is 42.5 Å². The molecule has 126 valence electrons. The lowest BCUT2D eigenvalue weighted by Crippen LogP contribution is -2.27. The first-order valence-corrected chi connectivity index (χ1v) is 7.65. The minimum Gasteiger partial charge on any atom is -0.497 e. The lowest BCUT2D eigenvalue weighted by Gasteiger charge is -2.27. The molecule has 0 radical (unpaired) electrons. The van der Waals surface area contributed by atoms with Crippen molar-refractivity contribution in [1.82, 2.24) is 4.90 Å². The SMILES string of the molecule is COc1ccc(C(CO)N(C)Cc2ccc(C#N)cc2OC)cc1. The molecule has 1 unspecified atom stereocenters. The summed E-state index contributed by atoms with van der Waals surface area (Å²) in [5.74, 6) is 1.46. The van der Waals surface area contributed by atoms with Crippen molar-refractivity contribution in [2.24, 2.45) is 0 Å². The molecule has 1 atom stereocenters. The number of aliphatic hydroxyl groups is 1. The first-order valence-electron chi connectivity index (χ1n) is 7.65. The minimum absolute atomic E-state index is 0.00141. The summed E-state index contributed by atoms with van der Waals surface area (Å²) in [5.41, 5.74) is 2.53. The molecule has 0 saturated carbocycles. The van der Waals surface area contributed by atoms with Gasteiger partial charge in [0, 0.05) is 12.1 Å². The molecule has 0 aliphatic heterocycles. The topological polar surface area (TPSA) is 65.7 Å². The summed E-state index contributed by atoms with van der Waals surface area (Å²) in [6.45, 7) is 0.591. The second-order valence-corrected chi connectivity index (χ2v) is 5.53. The van der Waals surface area contributed by atoms with Gasteiger partial charge in [0.2, 0.25) is 0 Å². The zero-order valence-electron chi connectivity index (χ0n) is 14.2. The Morgan fingerprint density at radius 2 is 1.83 bits per heavy atom. The van der Waals surface area contributed by atoms with Gasteiger partial charge in [-0.15, -0.1) is 0 Å². The van der Waals surface area contributed by atoms with Gasteiger partial charge in [-0.1, -0.05) is 18.2 Å². The van der Waals surface area contributed by atoms with Crippen molar-refractivity contribution in [1.29, 1.82) is 5.26 Å². The van der Waals surface area contributed by atoms with Gasteiger partial charge in [0.25, 0.3) is 0 Å². The van der Waals surface area contributed by atoms with Gasteiger partial charge < -0.3 is 14.6 Å². The van der Waals surface area contributed by atoms with Gasteiger partial charge in [0.05, 0.1) is 38.5 Å². The Labute approximate surface area is 142 Å². The average Bonchev–Trinajstić information content (AvgIpc) is 2.63. The summed E-state index contributed by atoms with van der Waals surface area (Å²) in [6.07, 6.45) is 0. The van der Waals surface area contributed by atoms with Crippen LogP contribution in [0, 0.1) is 11.3 Å². The van der Waals surface area contributed by atoms with Gasteiger partial charge in [0.15, 0.2) is 0 Å². The van der Waals surface area contributed by atoms with Crippen LogP contribution in [0.25, 0.3) is 0 Å². The molecule has 0 aliphatic rings. The van der Waals surface area contributed by atoms with Crippen LogP contribution in [-0.2, 0) is 6.54 Å². The number of nitrogens with zero attached hydrogens (tertiary/aromatic N) is 2. The van der Waals surface area contributed by atoms with Crippen LogP contribution in [-0.4, -0.2) is 37.9 Å². The van der Waals surface area contributed by atoms with E-state index in [0.29, 0.717) is 17.9 Å². The number of hydrogen-bond acceptors (Lipinski definition) is 5. The molecule has 2 aromatic rings. The molecule has 0 amide bonds. The van der Waals surface area contributed by atoms with E-state index >= 15 is 0 Å². The Morgan fingerprint density at radius 1 is 1.12 bits per heavy atom. The van der Waals surface area contributed by atoms with Gasteiger partial charge in [-0.2, -0.15) is 5.26 Å². The number of likely N-dealkylation sites (N-methyl/N-ethyl adjacent to an activating group) is 1. The first kappa shape index (κ1) is 17.8. The fourth-order valence-corrected chi connectivity index (χ4v) is 2.65. The van der Waals surface area contributed by atoms with E-state index in [1.54, 1.807) is 26.4 Å². The Bertz CT molecular complexity index is 708. The van der Waals surface area contributed by atoms with Gasteiger partial charge in [0.1, 0.15) is 11.5 Å². The quantitative estimate of drug-likeness (QED) is 0.847. The van der Waals surface area contributed by atoms with Crippen LogP contribution in [0.2, 0.25) is 0 Å². The Morgan fingerprint density at radius 3 is 2.38 bits per heavy atom. The van der Waals surface area contributed by atoms with Crippen LogP contribution < -0.4 is 9.47 Å². The molecule has 5 heteroatoms. The van der Waals surface area contributed by atoms with E-state index in [0.717, 1.165) is 16.9 Å². The summed E-state index contributed by atoms with van der Waals surface area (Å²) in [7, 11) is 5.16. The zero-order valence-corrected chi connectivity index (χ0v) is 14.2. The monoisotopic (exact) mass is 326 g/mol. The van der Waals surface area contributed by atoms with E-state index in [-0.39, 0.29) is 12.6 Å². The first-order chi connectivity index (χ1) is 11.6. The number of benzene rings is 2. The molecule has 0 fully saturated rings. The largest absolute Gasteiger partial charge is 0.497 e. The van der Waals surface area contributed by atoms with E-state index in [1.807, 2.05) is 42.3 Å². The summed E-state index contributed by atoms with van der Waals surface area (Å²) < 4.78 is 10.6. The normalized spacial score (nSPS) is 11.8. The number of methoxy groups -OCH3 is 2. The van der Waals surface area contributed by atoms with Gasteiger partial charge in [-0.3, -0.25) is 4.90 Å². The minimum atomic E-state index is -0.142. The summed E-state index contributed by atoms with van der Waals surface area (Å²) in [4.78, 5) is 2.05. The van der Waals surface area contributed by atoms with Gasteiger partial charge >= 0.3 is 0 Å². The molecule has 0 saturated heterocycles. The van der Waals surface area contributed by atoms with E-state index < -0.39 is 0 Å². The zero-order chi connectivity index (χ0) is 17.5. The second-order valence-electron chi connectivity index (χ2n) is 5.53. The molecule has 0 spiro atoms. The summed E-state index contributed by atoms with van der Waals surface area (Å²) in [5, 5.41) is 18.8. The Kier molecular flexibility index (Phi) is 6.19. The molecule has 1 N–H and O–H groups in total. The smallest absolute Gasteiger partial charge is 0.124 e. The Hall–Kier alpha value is -2.55. The summed E-state index contributed by atoms with van der Waals surface area (Å²) in [6, 6.07) is 15.0. The predicted molar refractivity (Wildman–Crippen MR) is 92.0 cm³/mol. The molecular formula is C19H22N2O3. The fraction of sp³-hybridized carbons (Fsp3) is 0.316. The maximum atomic E-state index is 9.82. The highest BCUT2D eigenvalue weighted by molar-refractivity contribution is 5.42. The molecule has 24 heavy (non-hydrogen) atoms. The van der Waals surface area contributed by atoms with Gasteiger partial charge in [-0.05, 0) is 36.9 Å². The lowest BCUT2D eigenvalue weighted by atomic mass is 10.0. The average molecular weight is 326 g/mol. The van der Waals surface area contributed by atoms with Crippen molar-refractivity contribution in [3.63, 3.8) is 0 Å². The van der Waals surface area contributed by atoms with Crippen LogP contribution in [0.1, 0.15) is 22.7 Å². The van der Waals surface area contributed by atoms with Crippen molar-refractivity contribution in [2.45, 2.75) is 12.6 Å². The van der Waals surface area contributed by atoms with E-state index in [2.05, 4.69) is 6.07 Å². The fourth-order valence-electron chi connectivity index (χ4n) is 2.65. The van der Waals surface area contributed by atoms with Crippen molar-refractivity contribution in [3.05, 3.63) is 59.2 Å². The molecule has 5 nitrogen and oxygen atoms in total. The molecule has 2 aromatic carbocycles. The van der Waals surface area contributed by atoms with Crippen LogP contribution in [0.3, 0.4) is 0 Å². The number of ether oxygens (including phenoxy) is 2. The lowest BCUT2D eigenvalue weighted by molar-refractivity contribution is 0.141. The number of rotatable bonds is 7. The maximum absolute atomic E-state index is 9.82. The third-order valence-corrected chi connectivity index (χ3v) is 4.04. The number of hydrogen-bond donors (Lipinski definition) is 1. The molecule has 0 aromatic heterocycles. The molecule has 2 rings (SSSR count). The third kappa shape index (κ3) is 4.05.